The molecule has 0 amide bonds. The van der Waals surface area contributed by atoms with Gasteiger partial charge in [-0.25, -0.2) is 0 Å². The number of phenols is 1. The predicted molar refractivity (Wildman–Crippen MR) is 101 cm³/mol. The van der Waals surface area contributed by atoms with E-state index in [1.165, 1.54) is 0 Å². The first-order chi connectivity index (χ1) is 12.2. The minimum Gasteiger partial charge on any atom is -0.507 e. The zero-order chi connectivity index (χ0) is 17.2. The maximum Gasteiger partial charge on any atom is 0.176 e. The third-order valence-electron chi connectivity index (χ3n) is 3.95. The number of anilines is 1. The topological polar surface area (TPSA) is 70.4 Å². The third-order valence-corrected chi connectivity index (χ3v) is 4.23. The number of halogens is 1. The van der Waals surface area contributed by atoms with Gasteiger partial charge in [0.1, 0.15) is 5.75 Å². The van der Waals surface area contributed by atoms with E-state index in [0.717, 1.165) is 21.5 Å². The van der Waals surface area contributed by atoms with Crippen LogP contribution in [0, 0.1) is 0 Å². The van der Waals surface area contributed by atoms with Gasteiger partial charge in [-0.2, -0.15) is 5.10 Å². The Kier molecular flexibility index (Phi) is 3.91. The van der Waals surface area contributed by atoms with Crippen LogP contribution in [0.25, 0.3) is 21.5 Å². The lowest BCUT2D eigenvalue weighted by atomic mass is 10.0. The molecule has 0 unspecified atom stereocenters. The molecular weight excluding hydrogens is 336 g/mol. The molecule has 4 rings (SSSR count). The summed E-state index contributed by atoms with van der Waals surface area (Å²) in [7, 11) is 0. The molecule has 5 nitrogen and oxygen atoms in total. The highest BCUT2D eigenvalue weighted by Gasteiger charge is 2.07. The number of phenolic OH excluding ortho intramolecular Hbond substituents is 1. The van der Waals surface area contributed by atoms with Crippen LogP contribution in [-0.4, -0.2) is 21.5 Å². The Morgan fingerprint density at radius 1 is 0.880 bits per heavy atom. The molecule has 25 heavy (non-hydrogen) atoms. The Labute approximate surface area is 148 Å². The van der Waals surface area contributed by atoms with Gasteiger partial charge in [0.15, 0.2) is 11.0 Å². The van der Waals surface area contributed by atoms with E-state index in [9.17, 15) is 5.11 Å². The Morgan fingerprint density at radius 2 is 1.60 bits per heavy atom. The smallest absolute Gasteiger partial charge is 0.176 e. The van der Waals surface area contributed by atoms with Crippen LogP contribution in [0.3, 0.4) is 0 Å². The van der Waals surface area contributed by atoms with Crippen molar-refractivity contribution in [3.63, 3.8) is 0 Å². The van der Waals surface area contributed by atoms with Gasteiger partial charge in [-0.1, -0.05) is 66.2 Å². The largest absolute Gasteiger partial charge is 0.507 e. The second-order valence-electron chi connectivity index (χ2n) is 5.47. The van der Waals surface area contributed by atoms with Crippen LogP contribution >= 0.6 is 11.6 Å². The molecule has 6 heteroatoms. The first-order valence-corrected chi connectivity index (χ1v) is 8.02. The number of hydrogen-bond donors (Lipinski definition) is 2. The summed E-state index contributed by atoms with van der Waals surface area (Å²) in [5.74, 6) is 0.660. The predicted octanol–water partition coefficient (Wildman–Crippen LogP) is 4.59. The van der Waals surface area contributed by atoms with Crippen LogP contribution in [0.4, 0.5) is 5.82 Å². The molecule has 2 N–H and O–H groups in total. The van der Waals surface area contributed by atoms with Crippen molar-refractivity contribution >= 4 is 45.2 Å². The molecule has 0 bridgehead atoms. The summed E-state index contributed by atoms with van der Waals surface area (Å²) in [6.07, 6.45) is 1.57. The van der Waals surface area contributed by atoms with Crippen molar-refractivity contribution in [1.82, 2.24) is 10.2 Å². The fourth-order valence-corrected chi connectivity index (χ4v) is 2.93. The molecule has 1 heterocycles. The van der Waals surface area contributed by atoms with Crippen molar-refractivity contribution in [2.45, 2.75) is 0 Å². The average molecular weight is 349 g/mol. The van der Waals surface area contributed by atoms with Gasteiger partial charge in [-0.3, -0.25) is 5.43 Å². The number of nitrogens with one attached hydrogen (secondary N) is 1. The van der Waals surface area contributed by atoms with Crippen molar-refractivity contribution in [2.75, 3.05) is 5.43 Å². The maximum absolute atomic E-state index is 10.1. The zero-order valence-electron chi connectivity index (χ0n) is 13.0. The summed E-state index contributed by atoms with van der Waals surface area (Å²) in [6, 6.07) is 18.9. The van der Waals surface area contributed by atoms with Crippen LogP contribution in [0.1, 0.15) is 5.56 Å². The van der Waals surface area contributed by atoms with Crippen molar-refractivity contribution in [2.24, 2.45) is 5.10 Å². The maximum atomic E-state index is 10.1. The SMILES string of the molecule is Oc1ccc2ccccc2c1C=NNc1nnc(Cl)c2ccccc12. The number of fused-ring (bicyclic) bond motifs is 2. The molecule has 0 radical (unpaired) electrons. The molecule has 0 atom stereocenters. The van der Waals surface area contributed by atoms with Gasteiger partial charge < -0.3 is 5.11 Å². The Balaban J connectivity index is 1.71. The van der Waals surface area contributed by atoms with E-state index >= 15 is 0 Å². The lowest BCUT2D eigenvalue weighted by molar-refractivity contribution is 0.475. The molecule has 1 aromatic heterocycles. The Bertz CT molecular complexity index is 1110. The number of aromatic hydroxyl groups is 1. The second-order valence-corrected chi connectivity index (χ2v) is 5.83. The van der Waals surface area contributed by atoms with Gasteiger partial charge in [0.05, 0.1) is 6.21 Å². The quantitative estimate of drug-likeness (QED) is 0.419. The number of benzene rings is 3. The summed E-state index contributed by atoms with van der Waals surface area (Å²) < 4.78 is 0. The van der Waals surface area contributed by atoms with Crippen LogP contribution < -0.4 is 5.43 Å². The summed E-state index contributed by atoms with van der Waals surface area (Å²) in [5, 5.41) is 26.3. The van der Waals surface area contributed by atoms with E-state index < -0.39 is 0 Å². The molecule has 0 saturated heterocycles. The molecular formula is C19H13ClN4O. The molecule has 0 saturated carbocycles. The summed E-state index contributed by atoms with van der Waals surface area (Å²) in [6.45, 7) is 0. The first-order valence-electron chi connectivity index (χ1n) is 7.65. The number of hydrazone groups is 1. The number of rotatable bonds is 3. The van der Waals surface area contributed by atoms with E-state index in [1.54, 1.807) is 12.3 Å². The molecule has 122 valence electrons. The zero-order valence-corrected chi connectivity index (χ0v) is 13.8. The Morgan fingerprint density at radius 3 is 2.44 bits per heavy atom. The highest BCUT2D eigenvalue weighted by molar-refractivity contribution is 6.34. The first kappa shape index (κ1) is 15.4. The lowest BCUT2D eigenvalue weighted by Crippen LogP contribution is -1.98. The van der Waals surface area contributed by atoms with Gasteiger partial charge >= 0.3 is 0 Å². The highest BCUT2D eigenvalue weighted by atomic mass is 35.5. The fraction of sp³-hybridized carbons (Fsp3) is 0. The van der Waals surface area contributed by atoms with Gasteiger partial charge in [0.2, 0.25) is 0 Å². The van der Waals surface area contributed by atoms with Gasteiger partial charge in [0.25, 0.3) is 0 Å². The molecule has 0 aliphatic heterocycles. The van der Waals surface area contributed by atoms with E-state index in [-0.39, 0.29) is 5.75 Å². The van der Waals surface area contributed by atoms with Crippen LogP contribution in [0.15, 0.2) is 65.8 Å². The molecule has 3 aromatic carbocycles. The van der Waals surface area contributed by atoms with Crippen molar-refractivity contribution in [3.8, 4) is 5.75 Å². The van der Waals surface area contributed by atoms with Gasteiger partial charge in [-0.15, -0.1) is 10.2 Å². The summed E-state index contributed by atoms with van der Waals surface area (Å²) in [5.41, 5.74) is 3.52. The van der Waals surface area contributed by atoms with E-state index in [0.29, 0.717) is 16.5 Å². The normalized spacial score (nSPS) is 11.4. The number of nitrogens with zero attached hydrogens (tertiary/aromatic N) is 3. The molecule has 0 aliphatic carbocycles. The summed E-state index contributed by atoms with van der Waals surface area (Å²) in [4.78, 5) is 0. The minimum atomic E-state index is 0.163. The van der Waals surface area contributed by atoms with E-state index in [1.807, 2.05) is 54.6 Å². The van der Waals surface area contributed by atoms with E-state index in [2.05, 4.69) is 20.7 Å². The van der Waals surface area contributed by atoms with Gasteiger partial charge in [-0.05, 0) is 16.8 Å². The van der Waals surface area contributed by atoms with E-state index in [4.69, 9.17) is 11.6 Å². The van der Waals surface area contributed by atoms with Crippen LogP contribution in [0.2, 0.25) is 5.15 Å². The number of aromatic nitrogens is 2. The van der Waals surface area contributed by atoms with Crippen molar-refractivity contribution in [1.29, 1.82) is 0 Å². The second kappa shape index (κ2) is 6.37. The fourth-order valence-electron chi connectivity index (χ4n) is 2.73. The molecule has 0 fully saturated rings. The standard InChI is InChI=1S/C19H13ClN4O/c20-18-14-7-3-4-8-15(14)19(24-22-18)23-21-11-16-13-6-2-1-5-12(13)9-10-17(16)25/h1-11,25H,(H,23,24). The summed E-state index contributed by atoms with van der Waals surface area (Å²) >= 11 is 6.07. The van der Waals surface area contributed by atoms with Crippen molar-refractivity contribution in [3.05, 3.63) is 71.4 Å². The van der Waals surface area contributed by atoms with Crippen molar-refractivity contribution < 1.29 is 5.11 Å². The molecule has 4 aromatic rings. The average Bonchev–Trinajstić information content (AvgIpc) is 2.65. The van der Waals surface area contributed by atoms with Crippen LogP contribution in [-0.2, 0) is 0 Å². The monoisotopic (exact) mass is 348 g/mol. The lowest BCUT2D eigenvalue weighted by Gasteiger charge is -2.06. The van der Waals surface area contributed by atoms with Crippen LogP contribution in [0.5, 0.6) is 5.75 Å². The van der Waals surface area contributed by atoms with Gasteiger partial charge in [0, 0.05) is 16.3 Å². The Hall–Kier alpha value is -3.18. The molecule has 0 spiro atoms. The third kappa shape index (κ3) is 2.86. The number of hydrogen-bond acceptors (Lipinski definition) is 5. The molecule has 0 aliphatic rings. The minimum absolute atomic E-state index is 0.163. The highest BCUT2D eigenvalue weighted by Crippen LogP contribution is 2.27.